The van der Waals surface area contributed by atoms with E-state index in [0.29, 0.717) is 18.9 Å². The quantitative estimate of drug-likeness (QED) is 0.683. The second-order valence-electron chi connectivity index (χ2n) is 5.74. The molecule has 1 aromatic heterocycles. The van der Waals surface area contributed by atoms with Crippen LogP contribution in [0, 0.1) is 0 Å². The van der Waals surface area contributed by atoms with E-state index in [1.807, 2.05) is 32.3 Å². The lowest BCUT2D eigenvalue weighted by molar-refractivity contribution is -0.120. The number of nitrogens with zero attached hydrogens (tertiary/aromatic N) is 5. The number of hydrogen-bond acceptors (Lipinski definition) is 5. The number of rotatable bonds is 9. The Bertz CT molecular complexity index is 596. The van der Waals surface area contributed by atoms with E-state index in [-0.39, 0.29) is 12.3 Å². The Hall–Kier alpha value is -2.28. The summed E-state index contributed by atoms with van der Waals surface area (Å²) in [7, 11) is 4.03. The smallest absolute Gasteiger partial charge is 0.227 e. The highest BCUT2D eigenvalue weighted by molar-refractivity contribution is 5.77. The molecule has 1 aromatic carbocycles. The molecule has 0 saturated heterocycles. The van der Waals surface area contributed by atoms with Gasteiger partial charge >= 0.3 is 0 Å². The molecule has 2 aromatic rings. The Morgan fingerprint density at radius 2 is 2.04 bits per heavy atom. The summed E-state index contributed by atoms with van der Waals surface area (Å²) in [5, 5.41) is 14.5. The molecule has 0 aliphatic heterocycles. The van der Waals surface area contributed by atoms with Crippen molar-refractivity contribution in [2.45, 2.75) is 25.8 Å². The first-order valence-electron chi connectivity index (χ1n) is 7.85. The molecule has 1 amide bonds. The van der Waals surface area contributed by atoms with Gasteiger partial charge in [0, 0.05) is 13.1 Å². The average molecular weight is 316 g/mol. The van der Waals surface area contributed by atoms with Gasteiger partial charge in [-0.25, -0.2) is 4.68 Å². The highest BCUT2D eigenvalue weighted by Crippen LogP contribution is 2.02. The van der Waals surface area contributed by atoms with E-state index in [1.165, 1.54) is 5.56 Å². The molecule has 23 heavy (non-hydrogen) atoms. The molecule has 0 atom stereocenters. The predicted molar refractivity (Wildman–Crippen MR) is 87.8 cm³/mol. The first-order valence-corrected chi connectivity index (χ1v) is 7.85. The monoisotopic (exact) mass is 316 g/mol. The molecule has 0 bridgehead atoms. The summed E-state index contributed by atoms with van der Waals surface area (Å²) in [6.07, 6.45) is 1.98. The average Bonchev–Trinajstić information content (AvgIpc) is 2.97. The maximum Gasteiger partial charge on any atom is 0.227 e. The Balaban J connectivity index is 1.77. The van der Waals surface area contributed by atoms with Crippen LogP contribution in [0.4, 0.5) is 0 Å². The Morgan fingerprint density at radius 1 is 1.26 bits per heavy atom. The van der Waals surface area contributed by atoms with Crippen LogP contribution in [0.3, 0.4) is 0 Å². The molecular formula is C16H24N6O. The molecule has 0 aliphatic carbocycles. The van der Waals surface area contributed by atoms with Gasteiger partial charge in [0.25, 0.3) is 0 Å². The molecule has 0 unspecified atom stereocenters. The van der Waals surface area contributed by atoms with Crippen molar-refractivity contribution in [2.75, 3.05) is 27.2 Å². The second kappa shape index (κ2) is 8.99. The van der Waals surface area contributed by atoms with Crippen molar-refractivity contribution in [3.63, 3.8) is 0 Å². The Kier molecular flexibility index (Phi) is 6.68. The van der Waals surface area contributed by atoms with Crippen LogP contribution in [0.1, 0.15) is 17.8 Å². The largest absolute Gasteiger partial charge is 0.356 e. The van der Waals surface area contributed by atoms with Gasteiger partial charge in [0.2, 0.25) is 5.91 Å². The van der Waals surface area contributed by atoms with Crippen LogP contribution in [0.2, 0.25) is 0 Å². The van der Waals surface area contributed by atoms with Crippen LogP contribution in [-0.4, -0.2) is 58.2 Å². The van der Waals surface area contributed by atoms with Crippen LogP contribution in [0.15, 0.2) is 30.3 Å². The minimum Gasteiger partial charge on any atom is -0.356 e. The van der Waals surface area contributed by atoms with Gasteiger partial charge in [0.1, 0.15) is 0 Å². The van der Waals surface area contributed by atoms with Gasteiger partial charge < -0.3 is 10.2 Å². The summed E-state index contributed by atoms with van der Waals surface area (Å²) in [5.74, 6) is 0.561. The molecule has 0 spiro atoms. The van der Waals surface area contributed by atoms with Crippen LogP contribution in [-0.2, 0) is 24.2 Å². The number of hydrogen-bond donors (Lipinski definition) is 1. The van der Waals surface area contributed by atoms with Crippen molar-refractivity contribution in [3.8, 4) is 0 Å². The summed E-state index contributed by atoms with van der Waals surface area (Å²) in [4.78, 5) is 14.0. The fraction of sp³-hybridized carbons (Fsp3) is 0.500. The highest BCUT2D eigenvalue weighted by atomic mass is 16.1. The lowest BCUT2D eigenvalue weighted by Gasteiger charge is -2.10. The first-order chi connectivity index (χ1) is 11.1. The number of amides is 1. The molecule has 7 nitrogen and oxygen atoms in total. The molecule has 0 radical (unpaired) electrons. The summed E-state index contributed by atoms with van der Waals surface area (Å²) < 4.78 is 1.70. The molecule has 0 aliphatic rings. The van der Waals surface area contributed by atoms with Crippen molar-refractivity contribution in [2.24, 2.45) is 0 Å². The van der Waals surface area contributed by atoms with E-state index in [9.17, 15) is 4.79 Å². The van der Waals surface area contributed by atoms with Crippen molar-refractivity contribution in [3.05, 3.63) is 41.7 Å². The minimum absolute atomic E-state index is 0.0421. The van der Waals surface area contributed by atoms with Crippen molar-refractivity contribution in [1.29, 1.82) is 0 Å². The van der Waals surface area contributed by atoms with Gasteiger partial charge in [-0.2, -0.15) is 0 Å². The van der Waals surface area contributed by atoms with Gasteiger partial charge in [0.05, 0.1) is 6.42 Å². The SMILES string of the molecule is CN(C)CCCNC(=O)Cc1nnnn1CCc1ccccc1. The maximum absolute atomic E-state index is 11.9. The van der Waals surface area contributed by atoms with Gasteiger partial charge in [0.15, 0.2) is 5.82 Å². The third-order valence-corrected chi connectivity index (χ3v) is 3.48. The van der Waals surface area contributed by atoms with Crippen LogP contribution >= 0.6 is 0 Å². The van der Waals surface area contributed by atoms with E-state index < -0.39 is 0 Å². The van der Waals surface area contributed by atoms with E-state index in [2.05, 4.69) is 37.9 Å². The lowest BCUT2D eigenvalue weighted by atomic mass is 10.1. The molecule has 0 fully saturated rings. The standard InChI is InChI=1S/C16H24N6O/c1-21(2)11-6-10-17-16(23)13-15-18-19-20-22(15)12-9-14-7-4-3-5-8-14/h3-5,7-8H,6,9-13H2,1-2H3,(H,17,23). The molecule has 2 rings (SSSR count). The minimum atomic E-state index is -0.0421. The highest BCUT2D eigenvalue weighted by Gasteiger charge is 2.11. The molecule has 124 valence electrons. The molecule has 7 heteroatoms. The molecule has 1 heterocycles. The van der Waals surface area contributed by atoms with E-state index >= 15 is 0 Å². The molecule has 0 saturated carbocycles. The number of aromatic nitrogens is 4. The van der Waals surface area contributed by atoms with Gasteiger partial charge in [-0.3, -0.25) is 4.79 Å². The number of tetrazole rings is 1. The number of carbonyl (C=O) groups is 1. The fourth-order valence-corrected chi connectivity index (χ4v) is 2.23. The second-order valence-corrected chi connectivity index (χ2v) is 5.74. The van der Waals surface area contributed by atoms with E-state index in [1.54, 1.807) is 4.68 Å². The number of nitrogens with one attached hydrogen (secondary N) is 1. The number of benzene rings is 1. The van der Waals surface area contributed by atoms with Crippen LogP contribution in [0.5, 0.6) is 0 Å². The van der Waals surface area contributed by atoms with Gasteiger partial charge in [-0.05, 0) is 49.5 Å². The summed E-state index contributed by atoms with van der Waals surface area (Å²) >= 11 is 0. The third kappa shape index (κ3) is 6.15. The lowest BCUT2D eigenvalue weighted by Crippen LogP contribution is -2.29. The van der Waals surface area contributed by atoms with Crippen LogP contribution < -0.4 is 5.32 Å². The van der Waals surface area contributed by atoms with Crippen molar-refractivity contribution >= 4 is 5.91 Å². The van der Waals surface area contributed by atoms with E-state index in [0.717, 1.165) is 19.4 Å². The number of carbonyl (C=O) groups excluding carboxylic acids is 1. The normalized spacial score (nSPS) is 10.9. The maximum atomic E-state index is 11.9. The first kappa shape index (κ1) is 17.1. The Morgan fingerprint density at radius 3 is 2.78 bits per heavy atom. The van der Waals surface area contributed by atoms with E-state index in [4.69, 9.17) is 0 Å². The van der Waals surface area contributed by atoms with Crippen LogP contribution in [0.25, 0.3) is 0 Å². The topological polar surface area (TPSA) is 75.9 Å². The fourth-order valence-electron chi connectivity index (χ4n) is 2.23. The summed E-state index contributed by atoms with van der Waals surface area (Å²) in [6, 6.07) is 10.2. The van der Waals surface area contributed by atoms with Gasteiger partial charge in [-0.15, -0.1) is 5.10 Å². The zero-order valence-electron chi connectivity index (χ0n) is 13.8. The molecular weight excluding hydrogens is 292 g/mol. The Labute approximate surface area is 136 Å². The zero-order valence-corrected chi connectivity index (χ0v) is 13.8. The predicted octanol–water partition coefficient (Wildman–Crippen LogP) is 0.526. The van der Waals surface area contributed by atoms with Crippen molar-refractivity contribution in [1.82, 2.24) is 30.4 Å². The summed E-state index contributed by atoms with van der Waals surface area (Å²) in [5.41, 5.74) is 1.22. The molecule has 1 N–H and O–H groups in total. The third-order valence-electron chi connectivity index (χ3n) is 3.48. The van der Waals surface area contributed by atoms with Gasteiger partial charge in [-0.1, -0.05) is 30.3 Å². The number of aryl methyl sites for hydroxylation is 2. The zero-order chi connectivity index (χ0) is 16.5. The summed E-state index contributed by atoms with van der Waals surface area (Å²) in [6.45, 7) is 2.29. The van der Waals surface area contributed by atoms with Crippen molar-refractivity contribution < 1.29 is 4.79 Å².